The minimum Gasteiger partial charge on any atom is -0.490 e. The summed E-state index contributed by atoms with van der Waals surface area (Å²) in [6.45, 7) is 5.88. The van der Waals surface area contributed by atoms with E-state index in [2.05, 4.69) is 0 Å². The molecule has 2 rings (SSSR count). The van der Waals surface area contributed by atoms with Crippen LogP contribution in [0.3, 0.4) is 0 Å². The molecular weight excluding hydrogens is 280 g/mol. The molecule has 1 aliphatic rings. The van der Waals surface area contributed by atoms with Crippen LogP contribution in [0.2, 0.25) is 5.02 Å². The van der Waals surface area contributed by atoms with Crippen LogP contribution in [-0.2, 0) is 4.74 Å². The SMILES string of the molecule is CCOc1cc(Cl)c(C(=O)C2CCOC2)cc1OCC. The van der Waals surface area contributed by atoms with Gasteiger partial charge in [-0.3, -0.25) is 4.79 Å². The summed E-state index contributed by atoms with van der Waals surface area (Å²) in [6.07, 6.45) is 0.742. The lowest BCUT2D eigenvalue weighted by Crippen LogP contribution is -2.15. The Balaban J connectivity index is 2.32. The van der Waals surface area contributed by atoms with E-state index in [1.54, 1.807) is 12.1 Å². The molecule has 1 unspecified atom stereocenters. The number of carbonyl (C=O) groups is 1. The molecule has 1 heterocycles. The summed E-state index contributed by atoms with van der Waals surface area (Å²) in [7, 11) is 0. The minimum absolute atomic E-state index is 0.0106. The molecule has 0 radical (unpaired) electrons. The van der Waals surface area contributed by atoms with Gasteiger partial charge in [0.2, 0.25) is 0 Å². The van der Waals surface area contributed by atoms with Crippen molar-refractivity contribution in [3.63, 3.8) is 0 Å². The van der Waals surface area contributed by atoms with E-state index >= 15 is 0 Å². The third-order valence-electron chi connectivity index (χ3n) is 3.20. The van der Waals surface area contributed by atoms with Gasteiger partial charge in [0, 0.05) is 24.2 Å². The van der Waals surface area contributed by atoms with E-state index in [1.165, 1.54) is 0 Å². The lowest BCUT2D eigenvalue weighted by atomic mass is 9.96. The second-order valence-electron chi connectivity index (χ2n) is 4.57. The molecule has 1 aliphatic heterocycles. The van der Waals surface area contributed by atoms with E-state index in [9.17, 15) is 4.79 Å². The van der Waals surface area contributed by atoms with Gasteiger partial charge in [0.1, 0.15) is 0 Å². The number of rotatable bonds is 6. The standard InChI is InChI=1S/C15H19ClO4/c1-3-19-13-7-11(12(16)8-14(13)20-4-2)15(17)10-5-6-18-9-10/h7-8,10H,3-6,9H2,1-2H3. The zero-order chi connectivity index (χ0) is 14.5. The highest BCUT2D eigenvalue weighted by Gasteiger charge is 2.27. The van der Waals surface area contributed by atoms with E-state index < -0.39 is 0 Å². The smallest absolute Gasteiger partial charge is 0.169 e. The van der Waals surface area contributed by atoms with Gasteiger partial charge in [-0.25, -0.2) is 0 Å². The van der Waals surface area contributed by atoms with Gasteiger partial charge < -0.3 is 14.2 Å². The van der Waals surface area contributed by atoms with Gasteiger partial charge in [0.15, 0.2) is 17.3 Å². The largest absolute Gasteiger partial charge is 0.490 e. The van der Waals surface area contributed by atoms with E-state index in [0.29, 0.717) is 48.5 Å². The Hall–Kier alpha value is -1.26. The van der Waals surface area contributed by atoms with E-state index in [0.717, 1.165) is 6.42 Å². The maximum Gasteiger partial charge on any atom is 0.169 e. The molecule has 1 aromatic rings. The van der Waals surface area contributed by atoms with Gasteiger partial charge in [0.05, 0.1) is 24.8 Å². The van der Waals surface area contributed by atoms with Crippen molar-refractivity contribution in [2.75, 3.05) is 26.4 Å². The number of halogens is 1. The fourth-order valence-corrected chi connectivity index (χ4v) is 2.47. The summed E-state index contributed by atoms with van der Waals surface area (Å²) < 4.78 is 16.3. The predicted molar refractivity (Wildman–Crippen MR) is 77.0 cm³/mol. The Bertz CT molecular complexity index is 481. The summed E-state index contributed by atoms with van der Waals surface area (Å²) in [5, 5.41) is 0.397. The number of hydrogen-bond acceptors (Lipinski definition) is 4. The van der Waals surface area contributed by atoms with E-state index in [1.807, 2.05) is 13.8 Å². The van der Waals surface area contributed by atoms with Crippen molar-refractivity contribution >= 4 is 17.4 Å². The second-order valence-corrected chi connectivity index (χ2v) is 4.98. The highest BCUT2D eigenvalue weighted by atomic mass is 35.5. The van der Waals surface area contributed by atoms with Crippen LogP contribution in [0.15, 0.2) is 12.1 Å². The molecule has 20 heavy (non-hydrogen) atoms. The molecule has 1 saturated heterocycles. The molecular formula is C15H19ClO4. The van der Waals surface area contributed by atoms with E-state index in [4.69, 9.17) is 25.8 Å². The van der Waals surface area contributed by atoms with Crippen LogP contribution < -0.4 is 9.47 Å². The first-order valence-corrected chi connectivity index (χ1v) is 7.26. The van der Waals surface area contributed by atoms with Crippen molar-refractivity contribution in [2.24, 2.45) is 5.92 Å². The monoisotopic (exact) mass is 298 g/mol. The molecule has 0 amide bonds. The zero-order valence-corrected chi connectivity index (χ0v) is 12.5. The van der Waals surface area contributed by atoms with Gasteiger partial charge in [-0.15, -0.1) is 0 Å². The first kappa shape index (κ1) is 15.1. The molecule has 0 aliphatic carbocycles. The number of hydrogen-bond donors (Lipinski definition) is 0. The lowest BCUT2D eigenvalue weighted by molar-refractivity contribution is 0.0900. The second kappa shape index (κ2) is 6.95. The van der Waals surface area contributed by atoms with Crippen LogP contribution in [0.5, 0.6) is 11.5 Å². The van der Waals surface area contributed by atoms with E-state index in [-0.39, 0.29) is 11.7 Å². The molecule has 0 bridgehead atoms. The third-order valence-corrected chi connectivity index (χ3v) is 3.51. The number of Topliss-reactive ketones (excluding diaryl/α,β-unsaturated/α-hetero) is 1. The summed E-state index contributed by atoms with van der Waals surface area (Å²) in [6, 6.07) is 3.33. The summed E-state index contributed by atoms with van der Waals surface area (Å²) in [4.78, 5) is 12.4. The minimum atomic E-state index is -0.111. The van der Waals surface area contributed by atoms with Gasteiger partial charge >= 0.3 is 0 Å². The molecule has 0 saturated carbocycles. The van der Waals surface area contributed by atoms with Crippen molar-refractivity contribution in [2.45, 2.75) is 20.3 Å². The van der Waals surface area contributed by atoms with Crippen LogP contribution in [0.1, 0.15) is 30.6 Å². The Morgan fingerprint density at radius 2 is 1.95 bits per heavy atom. The maximum atomic E-state index is 12.4. The quantitative estimate of drug-likeness (QED) is 0.756. The average molecular weight is 299 g/mol. The maximum absolute atomic E-state index is 12.4. The zero-order valence-electron chi connectivity index (χ0n) is 11.8. The average Bonchev–Trinajstić information content (AvgIpc) is 2.95. The molecule has 4 nitrogen and oxygen atoms in total. The van der Waals surface area contributed by atoms with Crippen LogP contribution in [0.25, 0.3) is 0 Å². The molecule has 0 N–H and O–H groups in total. The van der Waals surface area contributed by atoms with Crippen LogP contribution in [0.4, 0.5) is 0 Å². The Morgan fingerprint density at radius 3 is 2.50 bits per heavy atom. The molecule has 110 valence electrons. The van der Waals surface area contributed by atoms with Crippen molar-refractivity contribution in [3.8, 4) is 11.5 Å². The normalized spacial score (nSPS) is 18.1. The van der Waals surface area contributed by atoms with Gasteiger partial charge in [-0.2, -0.15) is 0 Å². The molecule has 1 aromatic carbocycles. The fourth-order valence-electron chi connectivity index (χ4n) is 2.22. The van der Waals surface area contributed by atoms with Crippen molar-refractivity contribution in [1.29, 1.82) is 0 Å². The van der Waals surface area contributed by atoms with Gasteiger partial charge in [-0.1, -0.05) is 11.6 Å². The van der Waals surface area contributed by atoms with Gasteiger partial charge in [-0.05, 0) is 26.3 Å². The number of ether oxygens (including phenoxy) is 3. The number of benzene rings is 1. The highest BCUT2D eigenvalue weighted by molar-refractivity contribution is 6.34. The lowest BCUT2D eigenvalue weighted by Gasteiger charge is -2.15. The van der Waals surface area contributed by atoms with Gasteiger partial charge in [0.25, 0.3) is 0 Å². The third kappa shape index (κ3) is 3.25. The van der Waals surface area contributed by atoms with Crippen molar-refractivity contribution < 1.29 is 19.0 Å². The highest BCUT2D eigenvalue weighted by Crippen LogP contribution is 2.35. The van der Waals surface area contributed by atoms with Crippen molar-refractivity contribution in [3.05, 3.63) is 22.7 Å². The number of carbonyl (C=O) groups excluding carboxylic acids is 1. The summed E-state index contributed by atoms with van der Waals surface area (Å²) >= 11 is 6.21. The Kier molecular flexibility index (Phi) is 5.26. The molecule has 1 atom stereocenters. The molecule has 1 fully saturated rings. The number of ketones is 1. The first-order valence-electron chi connectivity index (χ1n) is 6.88. The van der Waals surface area contributed by atoms with Crippen LogP contribution in [0, 0.1) is 5.92 Å². The molecule has 0 aromatic heterocycles. The Morgan fingerprint density at radius 1 is 1.30 bits per heavy atom. The predicted octanol–water partition coefficient (Wildman–Crippen LogP) is 3.36. The summed E-state index contributed by atoms with van der Waals surface area (Å²) in [5.41, 5.74) is 0.481. The molecule has 5 heteroatoms. The first-order chi connectivity index (χ1) is 9.67. The van der Waals surface area contributed by atoms with Crippen molar-refractivity contribution in [1.82, 2.24) is 0 Å². The molecule has 0 spiro atoms. The topological polar surface area (TPSA) is 44.8 Å². The fraction of sp³-hybridized carbons (Fsp3) is 0.533. The Labute approximate surface area is 124 Å². The van der Waals surface area contributed by atoms with Crippen LogP contribution in [-0.4, -0.2) is 32.2 Å². The summed E-state index contributed by atoms with van der Waals surface area (Å²) in [5.74, 6) is 1.02. The van der Waals surface area contributed by atoms with Crippen LogP contribution >= 0.6 is 11.6 Å².